The van der Waals surface area contributed by atoms with Crippen LogP contribution in [0.2, 0.25) is 5.15 Å². The number of nitrogens with zero attached hydrogens (tertiary/aromatic N) is 3. The van der Waals surface area contributed by atoms with Gasteiger partial charge >= 0.3 is 0 Å². The Morgan fingerprint density at radius 1 is 1.44 bits per heavy atom. The highest BCUT2D eigenvalue weighted by molar-refractivity contribution is 6.30. The molecule has 1 N–H and O–H groups in total. The average molecular weight is 271 g/mol. The summed E-state index contributed by atoms with van der Waals surface area (Å²) in [5.41, 5.74) is 0.897. The fourth-order valence-corrected chi connectivity index (χ4v) is 1.94. The topological polar surface area (TPSA) is 58.1 Å². The fraction of sp³-hybridized carbons (Fsp3) is 0.583. The van der Waals surface area contributed by atoms with Gasteiger partial charge in [0.1, 0.15) is 17.3 Å². The monoisotopic (exact) mass is 270 g/mol. The molecule has 18 heavy (non-hydrogen) atoms. The maximum atomic E-state index is 11.6. The molecule has 0 fully saturated rings. The molecule has 100 valence electrons. The van der Waals surface area contributed by atoms with Crippen LogP contribution in [0, 0.1) is 0 Å². The van der Waals surface area contributed by atoms with Crippen molar-refractivity contribution < 1.29 is 4.79 Å². The summed E-state index contributed by atoms with van der Waals surface area (Å²) in [5, 5.41) is 3.22. The van der Waals surface area contributed by atoms with E-state index in [0.717, 1.165) is 24.2 Å². The molecule has 0 unspecified atom stereocenters. The van der Waals surface area contributed by atoms with Gasteiger partial charge in [-0.05, 0) is 13.3 Å². The highest BCUT2D eigenvalue weighted by Gasteiger charge is 2.15. The standard InChI is InChI=1S/C12H19ClN4O/c1-4-6-9-11(13)15-8-16-12(9)17(3)7-10(18)14-5-2/h8H,4-7H2,1-3H3,(H,14,18). The summed E-state index contributed by atoms with van der Waals surface area (Å²) in [6, 6.07) is 0. The number of hydrogen-bond donors (Lipinski definition) is 1. The summed E-state index contributed by atoms with van der Waals surface area (Å²) >= 11 is 6.07. The summed E-state index contributed by atoms with van der Waals surface area (Å²) in [6.45, 7) is 4.84. The quantitative estimate of drug-likeness (QED) is 0.799. The van der Waals surface area contributed by atoms with Crippen molar-refractivity contribution in [1.82, 2.24) is 15.3 Å². The summed E-state index contributed by atoms with van der Waals surface area (Å²) in [4.78, 5) is 21.6. The van der Waals surface area contributed by atoms with Crippen LogP contribution in [-0.4, -0.2) is 36.0 Å². The molecule has 0 aliphatic heterocycles. The molecule has 5 nitrogen and oxygen atoms in total. The number of amides is 1. The van der Waals surface area contributed by atoms with E-state index in [-0.39, 0.29) is 12.5 Å². The molecule has 6 heteroatoms. The summed E-state index contributed by atoms with van der Waals surface area (Å²) < 4.78 is 0. The molecule has 0 saturated carbocycles. The lowest BCUT2D eigenvalue weighted by Gasteiger charge is -2.20. The number of likely N-dealkylation sites (N-methyl/N-ethyl adjacent to an activating group) is 2. The molecule has 1 aromatic rings. The normalized spacial score (nSPS) is 10.2. The van der Waals surface area contributed by atoms with Crippen molar-refractivity contribution >= 4 is 23.3 Å². The van der Waals surface area contributed by atoms with Gasteiger partial charge in [0.05, 0.1) is 6.54 Å². The lowest BCUT2D eigenvalue weighted by Crippen LogP contribution is -2.35. The molecule has 1 amide bonds. The van der Waals surface area contributed by atoms with Gasteiger partial charge in [0.2, 0.25) is 5.91 Å². The zero-order chi connectivity index (χ0) is 13.5. The molecule has 1 rings (SSSR count). The van der Waals surface area contributed by atoms with Crippen molar-refractivity contribution in [3.63, 3.8) is 0 Å². The van der Waals surface area contributed by atoms with E-state index in [0.29, 0.717) is 11.7 Å². The van der Waals surface area contributed by atoms with Crippen LogP contribution in [0.4, 0.5) is 5.82 Å². The number of aromatic nitrogens is 2. The molecule has 1 heterocycles. The van der Waals surface area contributed by atoms with Gasteiger partial charge in [-0.1, -0.05) is 24.9 Å². The Morgan fingerprint density at radius 3 is 2.78 bits per heavy atom. The highest BCUT2D eigenvalue weighted by atomic mass is 35.5. The Hall–Kier alpha value is -1.36. The molecule has 0 radical (unpaired) electrons. The van der Waals surface area contributed by atoms with Gasteiger partial charge in [0.15, 0.2) is 0 Å². The highest BCUT2D eigenvalue weighted by Crippen LogP contribution is 2.23. The molecule has 0 atom stereocenters. The second-order valence-electron chi connectivity index (χ2n) is 4.03. The molecule has 1 aromatic heterocycles. The molecular formula is C12H19ClN4O. The largest absolute Gasteiger partial charge is 0.355 e. The first-order valence-corrected chi connectivity index (χ1v) is 6.45. The SMILES string of the molecule is CCCc1c(Cl)ncnc1N(C)CC(=O)NCC. The predicted octanol–water partition coefficient (Wildman–Crippen LogP) is 1.65. The smallest absolute Gasteiger partial charge is 0.239 e. The van der Waals surface area contributed by atoms with Crippen molar-refractivity contribution in [2.75, 3.05) is 25.0 Å². The first kappa shape index (κ1) is 14.7. The van der Waals surface area contributed by atoms with Crippen molar-refractivity contribution in [2.45, 2.75) is 26.7 Å². The molecular weight excluding hydrogens is 252 g/mol. The van der Waals surface area contributed by atoms with Crippen molar-refractivity contribution in [3.05, 3.63) is 17.0 Å². The minimum absolute atomic E-state index is 0.0304. The average Bonchev–Trinajstić information content (AvgIpc) is 2.32. The second-order valence-corrected chi connectivity index (χ2v) is 4.38. The van der Waals surface area contributed by atoms with Gasteiger partial charge < -0.3 is 10.2 Å². The van der Waals surface area contributed by atoms with E-state index < -0.39 is 0 Å². The van der Waals surface area contributed by atoms with Crippen LogP contribution >= 0.6 is 11.6 Å². The van der Waals surface area contributed by atoms with Gasteiger partial charge in [-0.25, -0.2) is 9.97 Å². The molecule has 0 saturated heterocycles. The van der Waals surface area contributed by atoms with Gasteiger partial charge in [-0.3, -0.25) is 4.79 Å². The van der Waals surface area contributed by atoms with E-state index >= 15 is 0 Å². The second kappa shape index (κ2) is 7.16. The van der Waals surface area contributed by atoms with E-state index in [1.807, 2.05) is 14.0 Å². The van der Waals surface area contributed by atoms with E-state index in [4.69, 9.17) is 11.6 Å². The number of carbonyl (C=O) groups excluding carboxylic acids is 1. The van der Waals surface area contributed by atoms with Crippen LogP contribution in [0.15, 0.2) is 6.33 Å². The van der Waals surface area contributed by atoms with Crippen molar-refractivity contribution in [2.24, 2.45) is 0 Å². The minimum atomic E-state index is -0.0304. The van der Waals surface area contributed by atoms with Crippen LogP contribution in [0.3, 0.4) is 0 Å². The van der Waals surface area contributed by atoms with Crippen LogP contribution in [0.1, 0.15) is 25.8 Å². The fourth-order valence-electron chi connectivity index (χ4n) is 1.72. The number of rotatable bonds is 6. The summed E-state index contributed by atoms with van der Waals surface area (Å²) in [6.07, 6.45) is 3.18. The third kappa shape index (κ3) is 3.84. The van der Waals surface area contributed by atoms with Gasteiger partial charge in [0, 0.05) is 19.2 Å². The maximum Gasteiger partial charge on any atom is 0.239 e. The molecule has 0 bridgehead atoms. The van der Waals surface area contributed by atoms with E-state index in [9.17, 15) is 4.79 Å². The molecule has 0 spiro atoms. The Bertz CT molecular complexity index is 411. The Balaban J connectivity index is 2.87. The van der Waals surface area contributed by atoms with E-state index in [1.54, 1.807) is 4.90 Å². The van der Waals surface area contributed by atoms with E-state index in [2.05, 4.69) is 22.2 Å². The molecule has 0 aromatic carbocycles. The number of hydrogen-bond acceptors (Lipinski definition) is 4. The van der Waals surface area contributed by atoms with Gasteiger partial charge in [-0.2, -0.15) is 0 Å². The zero-order valence-corrected chi connectivity index (χ0v) is 11.8. The van der Waals surface area contributed by atoms with Crippen LogP contribution in [0.25, 0.3) is 0 Å². The third-order valence-corrected chi connectivity index (χ3v) is 2.81. The molecule has 0 aliphatic carbocycles. The summed E-state index contributed by atoms with van der Waals surface area (Å²) in [5.74, 6) is 0.695. The zero-order valence-electron chi connectivity index (χ0n) is 11.0. The van der Waals surface area contributed by atoms with E-state index in [1.165, 1.54) is 6.33 Å². The van der Waals surface area contributed by atoms with Crippen molar-refractivity contribution in [3.8, 4) is 0 Å². The number of nitrogens with one attached hydrogen (secondary N) is 1. The van der Waals surface area contributed by atoms with Crippen LogP contribution in [-0.2, 0) is 11.2 Å². The van der Waals surface area contributed by atoms with Gasteiger partial charge in [0.25, 0.3) is 0 Å². The first-order valence-electron chi connectivity index (χ1n) is 6.07. The van der Waals surface area contributed by atoms with Crippen molar-refractivity contribution in [1.29, 1.82) is 0 Å². The minimum Gasteiger partial charge on any atom is -0.355 e. The van der Waals surface area contributed by atoms with Gasteiger partial charge in [-0.15, -0.1) is 0 Å². The number of anilines is 1. The predicted molar refractivity (Wildman–Crippen MR) is 73.0 cm³/mol. The third-order valence-electron chi connectivity index (χ3n) is 2.49. The lowest BCUT2D eigenvalue weighted by atomic mass is 10.2. The summed E-state index contributed by atoms with van der Waals surface area (Å²) in [7, 11) is 1.83. The maximum absolute atomic E-state index is 11.6. The Kier molecular flexibility index (Phi) is 5.85. The van der Waals surface area contributed by atoms with Crippen LogP contribution < -0.4 is 10.2 Å². The van der Waals surface area contributed by atoms with Crippen LogP contribution in [0.5, 0.6) is 0 Å². The molecule has 0 aliphatic rings. The Labute approximate surface area is 113 Å². The number of carbonyl (C=O) groups is 1. The first-order chi connectivity index (χ1) is 8.60. The number of halogens is 1. The lowest BCUT2D eigenvalue weighted by molar-refractivity contribution is -0.119. The Morgan fingerprint density at radius 2 is 2.17 bits per heavy atom.